The Kier molecular flexibility index (Phi) is 8.47. The largest absolute Gasteiger partial charge is 0.465 e. The van der Waals surface area contributed by atoms with Gasteiger partial charge < -0.3 is 9.47 Å². The van der Waals surface area contributed by atoms with Crippen LogP contribution in [0.15, 0.2) is 29.3 Å². The summed E-state index contributed by atoms with van der Waals surface area (Å²) in [5.41, 5.74) is 0.392. The summed E-state index contributed by atoms with van der Waals surface area (Å²) >= 11 is 5.99. The summed E-state index contributed by atoms with van der Waals surface area (Å²) in [4.78, 5) is 16.4. The van der Waals surface area contributed by atoms with Crippen LogP contribution in [0.5, 0.6) is 0 Å². The Balaban J connectivity index is 2.66. The van der Waals surface area contributed by atoms with Crippen molar-refractivity contribution in [1.29, 1.82) is 0 Å². The molecule has 0 saturated carbocycles. The number of methoxy groups -OCH3 is 1. The van der Waals surface area contributed by atoms with E-state index in [2.05, 4.69) is 10.3 Å². The van der Waals surface area contributed by atoms with Gasteiger partial charge in [0.2, 0.25) is 0 Å². The van der Waals surface area contributed by atoms with E-state index in [0.717, 1.165) is 12.8 Å². The molecular weight excluding hydrogens is 292 g/mol. The van der Waals surface area contributed by atoms with Crippen molar-refractivity contribution in [3.8, 4) is 0 Å². The highest BCUT2D eigenvalue weighted by atomic mass is 35.5. The minimum atomic E-state index is -0.331. The lowest BCUT2D eigenvalue weighted by Gasteiger charge is -2.10. The summed E-state index contributed by atoms with van der Waals surface area (Å²) in [7, 11) is 1.64. The monoisotopic (exact) mass is 312 g/mol. The van der Waals surface area contributed by atoms with E-state index in [1.165, 1.54) is 0 Å². The second-order valence-electron chi connectivity index (χ2n) is 4.32. The number of amides is 1. The Morgan fingerprint density at radius 1 is 1.33 bits per heavy atom. The third kappa shape index (κ3) is 6.60. The molecule has 1 aromatic rings. The Bertz CT molecular complexity index is 478. The molecule has 0 atom stereocenters. The average molecular weight is 313 g/mol. The highest BCUT2D eigenvalue weighted by molar-refractivity contribution is 6.34. The number of amidine groups is 1. The molecule has 6 heteroatoms. The lowest BCUT2D eigenvalue weighted by molar-refractivity contribution is 0.0965. The maximum Gasteiger partial charge on any atom is 0.291 e. The van der Waals surface area contributed by atoms with Gasteiger partial charge in [-0.15, -0.1) is 0 Å². The molecule has 0 saturated heterocycles. The molecule has 5 nitrogen and oxygen atoms in total. The summed E-state index contributed by atoms with van der Waals surface area (Å²) in [6.07, 6.45) is 1.59. The van der Waals surface area contributed by atoms with Gasteiger partial charge in [0.1, 0.15) is 0 Å². The van der Waals surface area contributed by atoms with Crippen molar-refractivity contribution in [3.05, 3.63) is 34.9 Å². The van der Waals surface area contributed by atoms with Gasteiger partial charge in [-0.1, -0.05) is 30.7 Å². The first-order chi connectivity index (χ1) is 10.2. The lowest BCUT2D eigenvalue weighted by Crippen LogP contribution is -2.33. The third-order valence-electron chi connectivity index (χ3n) is 2.54. The summed E-state index contributed by atoms with van der Waals surface area (Å²) in [5, 5.41) is 3.04. The van der Waals surface area contributed by atoms with E-state index < -0.39 is 0 Å². The first-order valence-corrected chi connectivity index (χ1v) is 7.29. The molecule has 1 aromatic carbocycles. The minimum Gasteiger partial charge on any atom is -0.465 e. The maximum absolute atomic E-state index is 12.1. The van der Waals surface area contributed by atoms with Crippen molar-refractivity contribution in [2.75, 3.05) is 26.9 Å². The highest BCUT2D eigenvalue weighted by Gasteiger charge is 2.12. The maximum atomic E-state index is 12.1. The Morgan fingerprint density at radius 3 is 2.76 bits per heavy atom. The van der Waals surface area contributed by atoms with Crippen molar-refractivity contribution < 1.29 is 14.3 Å². The molecule has 0 aliphatic rings. The van der Waals surface area contributed by atoms with Gasteiger partial charge in [-0.05, 0) is 25.0 Å². The van der Waals surface area contributed by atoms with Crippen molar-refractivity contribution in [2.24, 2.45) is 4.99 Å². The number of halogens is 1. The molecule has 1 rings (SSSR count). The van der Waals surface area contributed by atoms with Crippen LogP contribution >= 0.6 is 11.6 Å². The number of aliphatic imine (C=N–C) groups is 1. The SMILES string of the molecule is CCCOC(=NCCCOC)NC(=O)c1ccccc1Cl. The van der Waals surface area contributed by atoms with Crippen LogP contribution < -0.4 is 5.32 Å². The topological polar surface area (TPSA) is 59.9 Å². The van der Waals surface area contributed by atoms with Gasteiger partial charge in [-0.25, -0.2) is 4.99 Å². The van der Waals surface area contributed by atoms with Crippen LogP contribution in [0.1, 0.15) is 30.1 Å². The van der Waals surface area contributed by atoms with Crippen molar-refractivity contribution in [2.45, 2.75) is 19.8 Å². The van der Waals surface area contributed by atoms with Gasteiger partial charge in [-0.2, -0.15) is 0 Å². The van der Waals surface area contributed by atoms with Crippen molar-refractivity contribution in [1.82, 2.24) is 5.32 Å². The normalized spacial score (nSPS) is 11.3. The number of rotatable bonds is 7. The number of carbonyl (C=O) groups is 1. The molecule has 0 spiro atoms. The van der Waals surface area contributed by atoms with Gasteiger partial charge in [0.05, 0.1) is 17.2 Å². The van der Waals surface area contributed by atoms with Gasteiger partial charge in [0.15, 0.2) is 0 Å². The van der Waals surface area contributed by atoms with E-state index in [0.29, 0.717) is 30.3 Å². The zero-order valence-electron chi connectivity index (χ0n) is 12.4. The molecule has 0 bridgehead atoms. The highest BCUT2D eigenvalue weighted by Crippen LogP contribution is 2.14. The van der Waals surface area contributed by atoms with Crippen molar-refractivity contribution in [3.63, 3.8) is 0 Å². The fraction of sp³-hybridized carbons (Fsp3) is 0.467. The second-order valence-corrected chi connectivity index (χ2v) is 4.72. The van der Waals surface area contributed by atoms with E-state index in [-0.39, 0.29) is 11.9 Å². The average Bonchev–Trinajstić information content (AvgIpc) is 2.49. The smallest absolute Gasteiger partial charge is 0.291 e. The van der Waals surface area contributed by atoms with Gasteiger partial charge in [-0.3, -0.25) is 10.1 Å². The first-order valence-electron chi connectivity index (χ1n) is 6.91. The minimum absolute atomic E-state index is 0.220. The predicted octanol–water partition coefficient (Wildman–Crippen LogP) is 2.89. The van der Waals surface area contributed by atoms with Crippen LogP contribution in [0, 0.1) is 0 Å². The summed E-state index contributed by atoms with van der Waals surface area (Å²) in [5.74, 6) is -0.331. The number of hydrogen-bond acceptors (Lipinski definition) is 4. The summed E-state index contributed by atoms with van der Waals surface area (Å²) < 4.78 is 10.4. The fourth-order valence-electron chi connectivity index (χ4n) is 1.52. The number of nitrogens with one attached hydrogen (secondary N) is 1. The number of nitrogens with zero attached hydrogens (tertiary/aromatic N) is 1. The van der Waals surface area contributed by atoms with E-state index in [1.54, 1.807) is 31.4 Å². The molecule has 0 aliphatic carbocycles. The molecule has 0 aromatic heterocycles. The standard InChI is InChI=1S/C15H21ClN2O3/c1-3-10-21-15(17-9-6-11-20-2)18-14(19)12-7-4-5-8-13(12)16/h4-5,7-8H,3,6,9-11H2,1-2H3,(H,17,18,19). The number of ether oxygens (including phenoxy) is 2. The summed E-state index contributed by atoms with van der Waals surface area (Å²) in [6.45, 7) is 3.61. The van der Waals surface area contributed by atoms with Crippen LogP contribution in [0.3, 0.4) is 0 Å². The van der Waals surface area contributed by atoms with Crippen LogP contribution in [0.2, 0.25) is 5.02 Å². The summed E-state index contributed by atoms with van der Waals surface area (Å²) in [6, 6.07) is 7.06. The molecule has 1 N–H and O–H groups in total. The predicted molar refractivity (Wildman–Crippen MR) is 84.0 cm³/mol. The Labute approximate surface area is 130 Å². The fourth-order valence-corrected chi connectivity index (χ4v) is 1.74. The van der Waals surface area contributed by atoms with Crippen LogP contribution in [0.4, 0.5) is 0 Å². The first kappa shape index (κ1) is 17.5. The Hall–Kier alpha value is -1.59. The lowest BCUT2D eigenvalue weighted by atomic mass is 10.2. The molecule has 0 heterocycles. The van der Waals surface area contributed by atoms with E-state index in [1.807, 2.05) is 6.92 Å². The number of carbonyl (C=O) groups excluding carboxylic acids is 1. The number of hydrogen-bond donors (Lipinski definition) is 1. The number of benzene rings is 1. The third-order valence-corrected chi connectivity index (χ3v) is 2.87. The molecule has 1 amide bonds. The molecule has 116 valence electrons. The van der Waals surface area contributed by atoms with Crippen LogP contribution in [0.25, 0.3) is 0 Å². The van der Waals surface area contributed by atoms with Gasteiger partial charge in [0, 0.05) is 20.3 Å². The molecule has 0 fully saturated rings. The van der Waals surface area contributed by atoms with E-state index in [4.69, 9.17) is 21.1 Å². The quantitative estimate of drug-likeness (QED) is 0.478. The molecule has 0 aliphatic heterocycles. The van der Waals surface area contributed by atoms with E-state index in [9.17, 15) is 4.79 Å². The van der Waals surface area contributed by atoms with Crippen molar-refractivity contribution >= 4 is 23.5 Å². The zero-order chi connectivity index (χ0) is 15.5. The zero-order valence-corrected chi connectivity index (χ0v) is 13.2. The second kappa shape index (κ2) is 10.2. The molecular formula is C15H21ClN2O3. The molecule has 21 heavy (non-hydrogen) atoms. The van der Waals surface area contributed by atoms with Gasteiger partial charge in [0.25, 0.3) is 11.9 Å². The van der Waals surface area contributed by atoms with Crippen LogP contribution in [-0.2, 0) is 9.47 Å². The van der Waals surface area contributed by atoms with Gasteiger partial charge >= 0.3 is 0 Å². The molecule has 0 radical (unpaired) electrons. The van der Waals surface area contributed by atoms with E-state index >= 15 is 0 Å². The van der Waals surface area contributed by atoms with Crippen LogP contribution in [-0.4, -0.2) is 38.8 Å². The Morgan fingerprint density at radius 2 is 2.10 bits per heavy atom. The molecule has 0 unspecified atom stereocenters.